The van der Waals surface area contributed by atoms with E-state index in [1.54, 1.807) is 29.8 Å². The van der Waals surface area contributed by atoms with Crippen molar-refractivity contribution in [3.8, 4) is 6.07 Å². The van der Waals surface area contributed by atoms with Gasteiger partial charge in [0, 0.05) is 29.4 Å². The van der Waals surface area contributed by atoms with Gasteiger partial charge in [0.2, 0.25) is 5.91 Å². The van der Waals surface area contributed by atoms with E-state index in [1.165, 1.54) is 23.1 Å². The number of aromatic nitrogens is 2. The molecule has 0 fully saturated rings. The summed E-state index contributed by atoms with van der Waals surface area (Å²) in [4.78, 5) is 21.6. The van der Waals surface area contributed by atoms with Crippen LogP contribution < -0.4 is 5.32 Å². The van der Waals surface area contributed by atoms with Gasteiger partial charge < -0.3 is 5.32 Å². The summed E-state index contributed by atoms with van der Waals surface area (Å²) in [6.07, 6.45) is 8.00. The molecular weight excluding hydrogens is 328 g/mol. The van der Waals surface area contributed by atoms with Crippen molar-refractivity contribution in [1.29, 1.82) is 5.26 Å². The Hall–Kier alpha value is -1.91. The summed E-state index contributed by atoms with van der Waals surface area (Å²) in [5.41, 5.74) is 1.81. The highest BCUT2D eigenvalue weighted by Crippen LogP contribution is 2.37. The summed E-state index contributed by atoms with van der Waals surface area (Å²) in [6.45, 7) is 0. The van der Waals surface area contributed by atoms with Crippen LogP contribution in [0, 0.1) is 11.3 Å². The predicted molar refractivity (Wildman–Crippen MR) is 91.7 cm³/mol. The topological polar surface area (TPSA) is 78.7 Å². The Morgan fingerprint density at radius 2 is 2.13 bits per heavy atom. The highest BCUT2D eigenvalue weighted by molar-refractivity contribution is 7.99. The first-order chi connectivity index (χ1) is 11.3. The molecule has 0 unspecified atom stereocenters. The number of rotatable bonds is 5. The number of hydrogen-bond donors (Lipinski definition) is 1. The van der Waals surface area contributed by atoms with Gasteiger partial charge in [-0.05, 0) is 37.3 Å². The minimum absolute atomic E-state index is 0.0662. The molecule has 0 bridgehead atoms. The summed E-state index contributed by atoms with van der Waals surface area (Å²) in [7, 11) is 0. The van der Waals surface area contributed by atoms with Crippen molar-refractivity contribution in [2.24, 2.45) is 0 Å². The van der Waals surface area contributed by atoms with Crippen LogP contribution in [0.5, 0.6) is 0 Å². The van der Waals surface area contributed by atoms with Gasteiger partial charge in [0.15, 0.2) is 5.16 Å². The molecule has 2 aromatic rings. The lowest BCUT2D eigenvalue weighted by atomic mass is 9.96. The van der Waals surface area contributed by atoms with Gasteiger partial charge in [0.25, 0.3) is 0 Å². The molecule has 2 heterocycles. The Balaban J connectivity index is 1.58. The minimum atomic E-state index is -0.0662. The quantitative estimate of drug-likeness (QED) is 0.664. The normalized spacial score (nSPS) is 13.2. The van der Waals surface area contributed by atoms with E-state index in [2.05, 4.69) is 21.4 Å². The lowest BCUT2D eigenvalue weighted by Crippen LogP contribution is -2.12. The molecule has 2 aromatic heterocycles. The number of amides is 1. The fraction of sp³-hybridized carbons (Fsp3) is 0.375. The van der Waals surface area contributed by atoms with E-state index in [4.69, 9.17) is 0 Å². The minimum Gasteiger partial charge on any atom is -0.317 e. The average molecular weight is 344 g/mol. The van der Waals surface area contributed by atoms with Crippen molar-refractivity contribution < 1.29 is 4.79 Å². The lowest BCUT2D eigenvalue weighted by Gasteiger charge is -2.09. The highest BCUT2D eigenvalue weighted by Gasteiger charge is 2.21. The van der Waals surface area contributed by atoms with Gasteiger partial charge in [0.1, 0.15) is 11.1 Å². The molecule has 5 nitrogen and oxygen atoms in total. The third-order valence-corrected chi connectivity index (χ3v) is 5.72. The number of nitriles is 1. The van der Waals surface area contributed by atoms with Crippen molar-refractivity contribution in [1.82, 2.24) is 9.97 Å². The van der Waals surface area contributed by atoms with Gasteiger partial charge in [-0.1, -0.05) is 11.8 Å². The van der Waals surface area contributed by atoms with E-state index in [1.807, 2.05) is 0 Å². The second kappa shape index (κ2) is 7.57. The van der Waals surface area contributed by atoms with Crippen LogP contribution in [0.25, 0.3) is 0 Å². The monoisotopic (exact) mass is 344 g/mol. The molecule has 1 aliphatic carbocycles. The second-order valence-corrected chi connectivity index (χ2v) is 7.37. The Morgan fingerprint density at radius 1 is 1.35 bits per heavy atom. The van der Waals surface area contributed by atoms with Crippen LogP contribution in [-0.4, -0.2) is 21.6 Å². The Morgan fingerprint density at radius 3 is 2.91 bits per heavy atom. The molecule has 0 atom stereocenters. The highest BCUT2D eigenvalue weighted by atomic mass is 32.2. The number of nitrogens with zero attached hydrogens (tertiary/aromatic N) is 3. The van der Waals surface area contributed by atoms with Crippen molar-refractivity contribution in [3.63, 3.8) is 0 Å². The predicted octanol–water partition coefficient (Wildman–Crippen LogP) is 3.41. The number of aryl methyl sites for hydroxylation is 1. The molecule has 0 radical (unpaired) electrons. The third kappa shape index (κ3) is 3.89. The molecule has 1 amide bonds. The van der Waals surface area contributed by atoms with Crippen molar-refractivity contribution in [2.45, 2.75) is 37.3 Å². The number of carbonyl (C=O) groups is 1. The largest absolute Gasteiger partial charge is 0.317 e. The van der Waals surface area contributed by atoms with Crippen molar-refractivity contribution >= 4 is 34.0 Å². The zero-order valence-electron chi connectivity index (χ0n) is 12.5. The molecule has 1 aliphatic rings. The third-order valence-electron chi connectivity index (χ3n) is 3.64. The lowest BCUT2D eigenvalue weighted by molar-refractivity contribution is -0.115. The van der Waals surface area contributed by atoms with Gasteiger partial charge in [-0.2, -0.15) is 5.26 Å². The summed E-state index contributed by atoms with van der Waals surface area (Å²) in [6, 6.07) is 4.02. The Bertz CT molecular complexity index is 737. The number of hydrogen-bond acceptors (Lipinski definition) is 6. The first kappa shape index (κ1) is 16.0. The van der Waals surface area contributed by atoms with Crippen LogP contribution >= 0.6 is 23.1 Å². The molecule has 118 valence electrons. The first-order valence-electron chi connectivity index (χ1n) is 7.52. The van der Waals surface area contributed by atoms with Crippen molar-refractivity contribution in [2.75, 3.05) is 11.1 Å². The van der Waals surface area contributed by atoms with E-state index < -0.39 is 0 Å². The van der Waals surface area contributed by atoms with Gasteiger partial charge >= 0.3 is 0 Å². The zero-order valence-corrected chi connectivity index (χ0v) is 14.2. The fourth-order valence-electron chi connectivity index (χ4n) is 2.56. The van der Waals surface area contributed by atoms with E-state index in [0.29, 0.717) is 27.9 Å². The molecule has 0 aliphatic heterocycles. The molecule has 23 heavy (non-hydrogen) atoms. The average Bonchev–Trinajstić information content (AvgIpc) is 2.92. The maximum atomic E-state index is 12.1. The zero-order chi connectivity index (χ0) is 16.1. The maximum absolute atomic E-state index is 12.1. The van der Waals surface area contributed by atoms with Crippen LogP contribution in [0.1, 0.15) is 35.3 Å². The van der Waals surface area contributed by atoms with Crippen LogP contribution in [0.3, 0.4) is 0 Å². The number of thiophene rings is 1. The number of anilines is 1. The molecule has 0 spiro atoms. The Labute approximate surface area is 143 Å². The standard InChI is InChI=1S/C16H16N4OS2/c17-10-12-11-4-1-2-5-13(11)23-15(12)20-14(21)6-9-22-16-18-7-3-8-19-16/h3,7-8H,1-2,4-6,9H2,(H,20,21). The molecule has 0 saturated carbocycles. The van der Waals surface area contributed by atoms with E-state index in [-0.39, 0.29) is 5.91 Å². The second-order valence-electron chi connectivity index (χ2n) is 5.20. The van der Waals surface area contributed by atoms with Crippen molar-refractivity contribution in [3.05, 3.63) is 34.5 Å². The van der Waals surface area contributed by atoms with Crippen LogP contribution in [0.2, 0.25) is 0 Å². The maximum Gasteiger partial charge on any atom is 0.225 e. The van der Waals surface area contributed by atoms with Crippen LogP contribution in [-0.2, 0) is 17.6 Å². The summed E-state index contributed by atoms with van der Waals surface area (Å²) in [5, 5.41) is 13.7. The van der Waals surface area contributed by atoms with Gasteiger partial charge in [-0.15, -0.1) is 11.3 Å². The van der Waals surface area contributed by atoms with E-state index >= 15 is 0 Å². The smallest absolute Gasteiger partial charge is 0.225 e. The first-order valence-corrected chi connectivity index (χ1v) is 9.32. The molecule has 0 saturated heterocycles. The summed E-state index contributed by atoms with van der Waals surface area (Å²) >= 11 is 3.01. The van der Waals surface area contributed by atoms with Crippen LogP contribution in [0.4, 0.5) is 5.00 Å². The molecule has 7 heteroatoms. The van der Waals surface area contributed by atoms with Gasteiger partial charge in [0.05, 0.1) is 5.56 Å². The van der Waals surface area contributed by atoms with E-state index in [0.717, 1.165) is 24.8 Å². The summed E-state index contributed by atoms with van der Waals surface area (Å²) < 4.78 is 0. The van der Waals surface area contributed by atoms with Gasteiger partial charge in [-0.3, -0.25) is 4.79 Å². The molecule has 3 rings (SSSR count). The van der Waals surface area contributed by atoms with Gasteiger partial charge in [-0.25, -0.2) is 9.97 Å². The molecule has 0 aromatic carbocycles. The number of nitrogens with one attached hydrogen (secondary N) is 1. The SMILES string of the molecule is N#Cc1c(NC(=O)CCSc2ncccn2)sc2c1CCCC2. The number of thioether (sulfide) groups is 1. The number of carbonyl (C=O) groups excluding carboxylic acids is 1. The van der Waals surface area contributed by atoms with Crippen LogP contribution in [0.15, 0.2) is 23.6 Å². The fourth-order valence-corrected chi connectivity index (χ4v) is 4.55. The number of fused-ring (bicyclic) bond motifs is 1. The summed E-state index contributed by atoms with van der Waals surface area (Å²) in [5.74, 6) is 0.548. The molecular formula is C16H16N4OS2. The Kier molecular flexibility index (Phi) is 5.26. The molecule has 1 N–H and O–H groups in total. The van der Waals surface area contributed by atoms with E-state index in [9.17, 15) is 10.1 Å².